The van der Waals surface area contributed by atoms with Crippen molar-refractivity contribution in [2.24, 2.45) is 0 Å². The number of aromatic nitrogens is 3. The summed E-state index contributed by atoms with van der Waals surface area (Å²) in [5, 5.41) is 0.965. The fraction of sp³-hybridized carbons (Fsp3) is 0.150. The number of methoxy groups -OCH3 is 3. The van der Waals surface area contributed by atoms with E-state index >= 15 is 0 Å². The lowest BCUT2D eigenvalue weighted by atomic mass is 10.1. The monoisotopic (exact) mass is 347 g/mol. The van der Waals surface area contributed by atoms with Gasteiger partial charge >= 0.3 is 0 Å². The zero-order valence-electron chi connectivity index (χ0n) is 14.7. The van der Waals surface area contributed by atoms with Crippen molar-refractivity contribution in [1.82, 2.24) is 15.0 Å². The van der Waals surface area contributed by atoms with Gasteiger partial charge in [-0.25, -0.2) is 4.98 Å². The third-order valence-corrected chi connectivity index (χ3v) is 4.25. The maximum Gasteiger partial charge on any atom is 0.203 e. The highest BCUT2D eigenvalue weighted by Crippen LogP contribution is 2.41. The van der Waals surface area contributed by atoms with E-state index in [0.717, 1.165) is 27.5 Å². The second-order valence-corrected chi connectivity index (χ2v) is 5.67. The van der Waals surface area contributed by atoms with E-state index in [0.29, 0.717) is 22.9 Å². The molecule has 2 heterocycles. The molecule has 0 atom stereocenters. The summed E-state index contributed by atoms with van der Waals surface area (Å²) in [4.78, 5) is 13.8. The molecule has 0 aliphatic rings. The maximum absolute atomic E-state index is 5.44. The highest BCUT2D eigenvalue weighted by Gasteiger charge is 2.15. The summed E-state index contributed by atoms with van der Waals surface area (Å²) in [7, 11) is 4.76. The summed E-state index contributed by atoms with van der Waals surface area (Å²) < 4.78 is 16.3. The van der Waals surface area contributed by atoms with Crippen LogP contribution < -0.4 is 14.2 Å². The van der Waals surface area contributed by atoms with Gasteiger partial charge in [0.05, 0.1) is 49.8 Å². The molecule has 0 N–H and O–H groups in total. The van der Waals surface area contributed by atoms with Crippen molar-refractivity contribution in [1.29, 1.82) is 0 Å². The zero-order valence-corrected chi connectivity index (χ0v) is 14.7. The van der Waals surface area contributed by atoms with Crippen molar-refractivity contribution in [3.63, 3.8) is 0 Å². The van der Waals surface area contributed by atoms with Gasteiger partial charge in [-0.2, -0.15) is 0 Å². The van der Waals surface area contributed by atoms with E-state index in [-0.39, 0.29) is 0 Å². The molecule has 0 unspecified atom stereocenters. The number of fused-ring (bicyclic) bond motifs is 3. The van der Waals surface area contributed by atoms with E-state index in [2.05, 4.69) is 9.97 Å². The van der Waals surface area contributed by atoms with Gasteiger partial charge in [0.2, 0.25) is 5.75 Å². The van der Waals surface area contributed by atoms with Crippen molar-refractivity contribution in [3.8, 4) is 28.5 Å². The minimum Gasteiger partial charge on any atom is -0.493 e. The lowest BCUT2D eigenvalue weighted by molar-refractivity contribution is 0.324. The molecule has 0 amide bonds. The largest absolute Gasteiger partial charge is 0.493 e. The van der Waals surface area contributed by atoms with Crippen molar-refractivity contribution in [2.45, 2.75) is 0 Å². The van der Waals surface area contributed by atoms with Gasteiger partial charge in [-0.3, -0.25) is 9.97 Å². The number of hydrogen-bond acceptors (Lipinski definition) is 6. The summed E-state index contributed by atoms with van der Waals surface area (Å²) in [6.45, 7) is 0. The van der Waals surface area contributed by atoms with Crippen LogP contribution in [0.5, 0.6) is 17.2 Å². The van der Waals surface area contributed by atoms with Crippen LogP contribution in [0.2, 0.25) is 0 Å². The van der Waals surface area contributed by atoms with E-state index < -0.39 is 0 Å². The number of pyridine rings is 1. The first-order valence-electron chi connectivity index (χ1n) is 8.06. The molecule has 0 saturated heterocycles. The summed E-state index contributed by atoms with van der Waals surface area (Å²) in [5.74, 6) is 1.69. The van der Waals surface area contributed by atoms with Crippen molar-refractivity contribution >= 4 is 21.9 Å². The van der Waals surface area contributed by atoms with Gasteiger partial charge in [-0.1, -0.05) is 0 Å². The molecule has 6 heteroatoms. The molecule has 2 aromatic heterocycles. The third-order valence-electron chi connectivity index (χ3n) is 4.25. The summed E-state index contributed by atoms with van der Waals surface area (Å²) in [6, 6.07) is 11.5. The molecule has 0 radical (unpaired) electrons. The zero-order chi connectivity index (χ0) is 18.1. The first-order chi connectivity index (χ1) is 12.7. The predicted molar refractivity (Wildman–Crippen MR) is 99.9 cm³/mol. The lowest BCUT2D eigenvalue weighted by Gasteiger charge is -2.14. The Morgan fingerprint density at radius 2 is 1.54 bits per heavy atom. The van der Waals surface area contributed by atoms with E-state index in [1.165, 1.54) is 0 Å². The van der Waals surface area contributed by atoms with Crippen LogP contribution in [0.4, 0.5) is 0 Å². The van der Waals surface area contributed by atoms with Crippen LogP contribution >= 0.6 is 0 Å². The molecular formula is C20H17N3O3. The van der Waals surface area contributed by atoms with Crippen molar-refractivity contribution in [2.75, 3.05) is 21.3 Å². The highest BCUT2D eigenvalue weighted by molar-refractivity contribution is 6.02. The molecule has 0 aliphatic heterocycles. The minimum absolute atomic E-state index is 0.544. The number of hydrogen-bond donors (Lipinski definition) is 0. The summed E-state index contributed by atoms with van der Waals surface area (Å²) >= 11 is 0. The molecule has 26 heavy (non-hydrogen) atoms. The second kappa shape index (κ2) is 6.48. The lowest BCUT2D eigenvalue weighted by Crippen LogP contribution is -1.97. The Balaban J connectivity index is 1.95. The molecule has 0 aliphatic carbocycles. The smallest absolute Gasteiger partial charge is 0.203 e. The average molecular weight is 347 g/mol. The molecule has 4 rings (SSSR count). The summed E-state index contributed by atoms with van der Waals surface area (Å²) in [6.07, 6.45) is 3.51. The molecule has 2 aromatic carbocycles. The standard InChI is InChI=1S/C20H17N3O3/c1-24-17-9-12(10-18(25-2)20(17)26-3)16-11-22-15-7-6-14-13(19(15)23-16)5-4-8-21-14/h4-11H,1-3H3. The third kappa shape index (κ3) is 2.56. The van der Waals surface area contributed by atoms with Gasteiger partial charge in [-0.15, -0.1) is 0 Å². The Hall–Kier alpha value is -3.41. The first kappa shape index (κ1) is 16.1. The fourth-order valence-electron chi connectivity index (χ4n) is 3.00. The van der Waals surface area contributed by atoms with Gasteiger partial charge in [0.25, 0.3) is 0 Å². The number of benzene rings is 2. The van der Waals surface area contributed by atoms with Crippen LogP contribution in [-0.4, -0.2) is 36.3 Å². The summed E-state index contributed by atoms with van der Waals surface area (Å²) in [5.41, 5.74) is 4.06. The Morgan fingerprint density at radius 1 is 0.808 bits per heavy atom. The molecule has 130 valence electrons. The topological polar surface area (TPSA) is 66.4 Å². The van der Waals surface area contributed by atoms with Gasteiger partial charge in [0, 0.05) is 17.1 Å². The van der Waals surface area contributed by atoms with Crippen molar-refractivity contribution in [3.05, 3.63) is 48.8 Å². The van der Waals surface area contributed by atoms with Crippen LogP contribution in [0.15, 0.2) is 48.8 Å². The first-order valence-corrected chi connectivity index (χ1v) is 8.06. The van der Waals surface area contributed by atoms with Crippen LogP contribution in [-0.2, 0) is 0 Å². The quantitative estimate of drug-likeness (QED) is 0.522. The minimum atomic E-state index is 0.544. The molecule has 0 fully saturated rings. The van der Waals surface area contributed by atoms with Crippen LogP contribution in [0.1, 0.15) is 0 Å². The van der Waals surface area contributed by atoms with E-state index in [4.69, 9.17) is 19.2 Å². The second-order valence-electron chi connectivity index (χ2n) is 5.67. The Morgan fingerprint density at radius 3 is 2.23 bits per heavy atom. The average Bonchev–Trinajstić information content (AvgIpc) is 2.72. The Bertz CT molecular complexity index is 1090. The SMILES string of the molecule is COc1cc(-c2cnc3ccc4ncccc4c3n2)cc(OC)c1OC. The van der Waals surface area contributed by atoms with Crippen LogP contribution in [0.25, 0.3) is 33.2 Å². The molecule has 4 aromatic rings. The molecule has 0 saturated carbocycles. The van der Waals surface area contributed by atoms with Crippen LogP contribution in [0.3, 0.4) is 0 Å². The number of rotatable bonds is 4. The number of ether oxygens (including phenoxy) is 3. The molecule has 0 spiro atoms. The normalized spacial score (nSPS) is 10.9. The molecule has 0 bridgehead atoms. The van der Waals surface area contributed by atoms with E-state index in [1.807, 2.05) is 36.4 Å². The molecule has 6 nitrogen and oxygen atoms in total. The van der Waals surface area contributed by atoms with Gasteiger partial charge in [0.15, 0.2) is 11.5 Å². The van der Waals surface area contributed by atoms with Crippen molar-refractivity contribution < 1.29 is 14.2 Å². The van der Waals surface area contributed by atoms with Gasteiger partial charge in [0.1, 0.15) is 0 Å². The van der Waals surface area contributed by atoms with E-state index in [9.17, 15) is 0 Å². The highest BCUT2D eigenvalue weighted by atomic mass is 16.5. The van der Waals surface area contributed by atoms with E-state index in [1.54, 1.807) is 33.7 Å². The Kier molecular flexibility index (Phi) is 4.01. The van der Waals surface area contributed by atoms with Gasteiger partial charge < -0.3 is 14.2 Å². The predicted octanol–water partition coefficient (Wildman–Crippen LogP) is 3.87. The molecular weight excluding hydrogens is 330 g/mol. The number of nitrogens with zero attached hydrogens (tertiary/aromatic N) is 3. The Labute approximate surface area is 150 Å². The van der Waals surface area contributed by atoms with Gasteiger partial charge in [-0.05, 0) is 36.4 Å². The van der Waals surface area contributed by atoms with Crippen LogP contribution in [0, 0.1) is 0 Å². The maximum atomic E-state index is 5.44. The fourth-order valence-corrected chi connectivity index (χ4v) is 3.00.